The van der Waals surface area contributed by atoms with Crippen molar-refractivity contribution in [2.75, 3.05) is 6.54 Å². The molecule has 4 nitrogen and oxygen atoms in total. The molecule has 0 saturated carbocycles. The topological polar surface area (TPSA) is 38.8 Å². The molecule has 0 aliphatic carbocycles. The standard InChI is InChI=1S/C14H16F3NO3/c1-3-18(13(19)14(15,16)17)9(2)6-10-4-5-11-8-20-21-12(11)7-10/h4-5,7,9H,3,6,8H2,1-2H3. The molecule has 0 saturated heterocycles. The van der Waals surface area contributed by atoms with Crippen LogP contribution >= 0.6 is 0 Å². The van der Waals surface area contributed by atoms with Gasteiger partial charge < -0.3 is 9.79 Å². The number of alkyl halides is 3. The summed E-state index contributed by atoms with van der Waals surface area (Å²) in [6, 6.07) is 4.78. The van der Waals surface area contributed by atoms with E-state index in [1.165, 1.54) is 6.92 Å². The van der Waals surface area contributed by atoms with Crippen molar-refractivity contribution >= 4 is 5.91 Å². The molecule has 1 amide bonds. The van der Waals surface area contributed by atoms with Crippen LogP contribution in [0.5, 0.6) is 5.75 Å². The number of carbonyl (C=O) groups is 1. The highest BCUT2D eigenvalue weighted by Crippen LogP contribution is 2.28. The maximum Gasteiger partial charge on any atom is 0.471 e. The van der Waals surface area contributed by atoms with Gasteiger partial charge >= 0.3 is 12.1 Å². The fourth-order valence-electron chi connectivity index (χ4n) is 2.35. The summed E-state index contributed by atoms with van der Waals surface area (Å²) >= 11 is 0. The monoisotopic (exact) mass is 303 g/mol. The lowest BCUT2D eigenvalue weighted by Gasteiger charge is -2.28. The van der Waals surface area contributed by atoms with Crippen LogP contribution in [-0.4, -0.2) is 29.6 Å². The van der Waals surface area contributed by atoms with Crippen molar-refractivity contribution in [1.29, 1.82) is 0 Å². The number of amides is 1. The lowest BCUT2D eigenvalue weighted by molar-refractivity contribution is -0.194. The Balaban J connectivity index is 2.09. The Morgan fingerprint density at radius 3 is 2.76 bits per heavy atom. The predicted octanol–water partition coefficient (Wildman–Crippen LogP) is 2.85. The fraction of sp³-hybridized carbons (Fsp3) is 0.500. The molecule has 1 aliphatic heterocycles. The molecule has 1 aliphatic rings. The van der Waals surface area contributed by atoms with Gasteiger partial charge in [-0.05, 0) is 31.9 Å². The van der Waals surface area contributed by atoms with Gasteiger partial charge in [0.05, 0.1) is 0 Å². The van der Waals surface area contributed by atoms with E-state index in [0.29, 0.717) is 18.8 Å². The second-order valence-corrected chi connectivity index (χ2v) is 4.93. The first-order valence-corrected chi connectivity index (χ1v) is 6.62. The van der Waals surface area contributed by atoms with E-state index < -0.39 is 18.1 Å². The van der Waals surface area contributed by atoms with Gasteiger partial charge in [-0.15, -0.1) is 0 Å². The van der Waals surface area contributed by atoms with Gasteiger partial charge in [0, 0.05) is 18.2 Å². The molecular weight excluding hydrogens is 287 g/mol. The summed E-state index contributed by atoms with van der Waals surface area (Å²) < 4.78 is 37.6. The maximum absolute atomic E-state index is 12.5. The largest absolute Gasteiger partial charge is 0.471 e. The van der Waals surface area contributed by atoms with Crippen LogP contribution in [0, 0.1) is 0 Å². The lowest BCUT2D eigenvalue weighted by Crippen LogP contribution is -2.46. The number of hydrogen-bond acceptors (Lipinski definition) is 3. The van der Waals surface area contributed by atoms with Gasteiger partial charge in [0.2, 0.25) is 0 Å². The van der Waals surface area contributed by atoms with Gasteiger partial charge in [-0.25, -0.2) is 0 Å². The van der Waals surface area contributed by atoms with Crippen molar-refractivity contribution in [3.63, 3.8) is 0 Å². The SMILES string of the molecule is CCN(C(=O)C(F)(F)F)C(C)Cc1ccc2c(c1)OOC2. The molecule has 0 bridgehead atoms. The number of hydrogen-bond donors (Lipinski definition) is 0. The third kappa shape index (κ3) is 3.47. The number of benzene rings is 1. The Labute approximate surface area is 120 Å². The second kappa shape index (κ2) is 5.93. The van der Waals surface area contributed by atoms with Crippen LogP contribution in [0.3, 0.4) is 0 Å². The Morgan fingerprint density at radius 1 is 1.43 bits per heavy atom. The normalized spacial score (nSPS) is 15.3. The van der Waals surface area contributed by atoms with Crippen molar-refractivity contribution < 1.29 is 27.7 Å². The number of carbonyl (C=O) groups excluding carboxylic acids is 1. The second-order valence-electron chi connectivity index (χ2n) is 4.93. The number of fused-ring (bicyclic) bond motifs is 1. The molecule has 7 heteroatoms. The number of rotatable bonds is 4. The van der Waals surface area contributed by atoms with Crippen LogP contribution in [0.1, 0.15) is 25.0 Å². The molecule has 0 aromatic heterocycles. The minimum absolute atomic E-state index is 0.00403. The average Bonchev–Trinajstić information content (AvgIpc) is 2.85. The zero-order valence-corrected chi connectivity index (χ0v) is 11.7. The summed E-state index contributed by atoms with van der Waals surface area (Å²) in [5.41, 5.74) is 1.69. The third-order valence-corrected chi connectivity index (χ3v) is 3.40. The molecule has 1 aromatic carbocycles. The van der Waals surface area contributed by atoms with Crippen molar-refractivity contribution in [2.45, 2.75) is 39.1 Å². The van der Waals surface area contributed by atoms with Crippen LogP contribution < -0.4 is 4.89 Å². The Kier molecular flexibility index (Phi) is 4.41. The fourth-order valence-corrected chi connectivity index (χ4v) is 2.35. The van der Waals surface area contributed by atoms with Crippen LogP contribution in [0.15, 0.2) is 18.2 Å². The number of nitrogens with zero attached hydrogens (tertiary/aromatic N) is 1. The van der Waals surface area contributed by atoms with E-state index in [1.54, 1.807) is 19.1 Å². The van der Waals surface area contributed by atoms with E-state index in [-0.39, 0.29) is 6.54 Å². The summed E-state index contributed by atoms with van der Waals surface area (Å²) in [5, 5.41) is 0. The van der Waals surface area contributed by atoms with Gasteiger partial charge in [-0.2, -0.15) is 18.1 Å². The molecule has 1 atom stereocenters. The average molecular weight is 303 g/mol. The lowest BCUT2D eigenvalue weighted by atomic mass is 10.0. The molecule has 21 heavy (non-hydrogen) atoms. The maximum atomic E-state index is 12.5. The molecule has 0 N–H and O–H groups in total. The quantitative estimate of drug-likeness (QED) is 0.803. The molecule has 0 radical (unpaired) electrons. The minimum Gasteiger partial charge on any atom is -0.337 e. The summed E-state index contributed by atoms with van der Waals surface area (Å²) in [4.78, 5) is 22.0. The smallest absolute Gasteiger partial charge is 0.337 e. The molecule has 0 spiro atoms. The zero-order chi connectivity index (χ0) is 15.6. The van der Waals surface area contributed by atoms with E-state index >= 15 is 0 Å². The molecule has 0 fully saturated rings. The highest BCUT2D eigenvalue weighted by molar-refractivity contribution is 5.82. The molecular formula is C14H16F3NO3. The van der Waals surface area contributed by atoms with Gasteiger partial charge in [0.25, 0.3) is 0 Å². The number of likely N-dealkylation sites (N-methyl/N-ethyl adjacent to an activating group) is 1. The zero-order valence-electron chi connectivity index (χ0n) is 11.7. The first-order valence-electron chi connectivity index (χ1n) is 6.62. The first kappa shape index (κ1) is 15.6. The van der Waals surface area contributed by atoms with Gasteiger partial charge in [0.1, 0.15) is 6.61 Å². The molecule has 1 aromatic rings. The van der Waals surface area contributed by atoms with Crippen LogP contribution in [-0.2, 0) is 22.7 Å². The first-order chi connectivity index (χ1) is 9.82. The van der Waals surface area contributed by atoms with Crippen LogP contribution in [0.4, 0.5) is 13.2 Å². The number of halogens is 3. The van der Waals surface area contributed by atoms with Gasteiger partial charge in [-0.3, -0.25) is 4.79 Å². The van der Waals surface area contributed by atoms with Crippen LogP contribution in [0.25, 0.3) is 0 Å². The summed E-state index contributed by atoms with van der Waals surface area (Å²) in [7, 11) is 0. The van der Waals surface area contributed by atoms with E-state index in [0.717, 1.165) is 16.0 Å². The van der Waals surface area contributed by atoms with Crippen molar-refractivity contribution in [1.82, 2.24) is 4.90 Å². The molecule has 1 heterocycles. The van der Waals surface area contributed by atoms with Crippen molar-refractivity contribution in [3.05, 3.63) is 29.3 Å². The van der Waals surface area contributed by atoms with Gasteiger partial charge in [-0.1, -0.05) is 12.1 Å². The Hall–Kier alpha value is -1.76. The summed E-state index contributed by atoms with van der Waals surface area (Å²) in [6.45, 7) is 3.49. The Bertz CT molecular complexity index is 531. The van der Waals surface area contributed by atoms with Crippen molar-refractivity contribution in [2.24, 2.45) is 0 Å². The van der Waals surface area contributed by atoms with Crippen molar-refractivity contribution in [3.8, 4) is 5.75 Å². The predicted molar refractivity (Wildman–Crippen MR) is 68.5 cm³/mol. The Morgan fingerprint density at radius 2 is 2.14 bits per heavy atom. The van der Waals surface area contributed by atoms with E-state index in [2.05, 4.69) is 0 Å². The van der Waals surface area contributed by atoms with Crippen LogP contribution in [0.2, 0.25) is 0 Å². The van der Waals surface area contributed by atoms with E-state index in [4.69, 9.17) is 9.78 Å². The highest BCUT2D eigenvalue weighted by Gasteiger charge is 2.43. The minimum atomic E-state index is -4.85. The third-order valence-electron chi connectivity index (χ3n) is 3.40. The molecule has 2 rings (SSSR count). The molecule has 116 valence electrons. The highest BCUT2D eigenvalue weighted by atomic mass is 19.4. The summed E-state index contributed by atoms with van der Waals surface area (Å²) in [6.07, 6.45) is -4.54. The van der Waals surface area contributed by atoms with Gasteiger partial charge in [0.15, 0.2) is 5.75 Å². The summed E-state index contributed by atoms with van der Waals surface area (Å²) in [5.74, 6) is -1.23. The van der Waals surface area contributed by atoms with E-state index in [1.807, 2.05) is 6.07 Å². The molecule has 1 unspecified atom stereocenters. The van der Waals surface area contributed by atoms with E-state index in [9.17, 15) is 18.0 Å².